The Morgan fingerprint density at radius 3 is 2.58 bits per heavy atom. The summed E-state index contributed by atoms with van der Waals surface area (Å²) in [7, 11) is 3.99. The molecule has 1 atom stereocenters. The summed E-state index contributed by atoms with van der Waals surface area (Å²) in [4.78, 5) is 2.27. The topological polar surface area (TPSA) is 39.1 Å². The molecule has 0 aromatic heterocycles. The Labute approximate surface area is 117 Å². The van der Waals surface area contributed by atoms with Crippen molar-refractivity contribution in [1.29, 1.82) is 5.26 Å². The Bertz CT molecular complexity index is 430. The third-order valence-corrected chi connectivity index (χ3v) is 3.92. The molecule has 1 aromatic rings. The summed E-state index contributed by atoms with van der Waals surface area (Å²) in [6.07, 6.45) is 2.73. The monoisotopic (exact) mass is 259 g/mol. The van der Waals surface area contributed by atoms with Gasteiger partial charge in [-0.15, -0.1) is 0 Å². The van der Waals surface area contributed by atoms with Gasteiger partial charge >= 0.3 is 0 Å². The van der Waals surface area contributed by atoms with E-state index in [-0.39, 0.29) is 5.54 Å². The molecule has 1 N–H and O–H groups in total. The zero-order chi connectivity index (χ0) is 14.3. The Balaban J connectivity index is 2.54. The van der Waals surface area contributed by atoms with Crippen LogP contribution in [0.3, 0.4) is 0 Å². The molecule has 0 spiro atoms. The van der Waals surface area contributed by atoms with Gasteiger partial charge in [-0.05, 0) is 44.9 Å². The number of benzene rings is 1. The van der Waals surface area contributed by atoms with Gasteiger partial charge < -0.3 is 10.2 Å². The largest absolute Gasteiger partial charge is 0.374 e. The van der Waals surface area contributed by atoms with E-state index in [0.29, 0.717) is 0 Å². The molecule has 3 nitrogen and oxygen atoms in total. The molecular formula is C16H25N3. The fraction of sp³-hybridized carbons (Fsp3) is 0.562. The predicted molar refractivity (Wildman–Crippen MR) is 81.4 cm³/mol. The molecule has 0 aliphatic heterocycles. The van der Waals surface area contributed by atoms with Crippen LogP contribution in [0.15, 0.2) is 24.3 Å². The van der Waals surface area contributed by atoms with Gasteiger partial charge in [0.05, 0.1) is 6.07 Å². The first-order chi connectivity index (χ1) is 9.08. The minimum atomic E-state index is -0.368. The second kappa shape index (κ2) is 7.16. The number of hydrogen-bond acceptors (Lipinski definition) is 3. The molecular weight excluding hydrogens is 234 g/mol. The summed E-state index contributed by atoms with van der Waals surface area (Å²) in [5.74, 6) is 0. The molecule has 1 rings (SSSR count). The van der Waals surface area contributed by atoms with Crippen molar-refractivity contribution in [2.45, 2.75) is 38.6 Å². The van der Waals surface area contributed by atoms with E-state index in [9.17, 15) is 5.26 Å². The molecule has 0 fully saturated rings. The normalized spacial score (nSPS) is 13.6. The molecule has 1 aromatic carbocycles. The van der Waals surface area contributed by atoms with Crippen LogP contribution < -0.4 is 10.2 Å². The first kappa shape index (κ1) is 15.5. The Morgan fingerprint density at radius 1 is 1.37 bits per heavy atom. The van der Waals surface area contributed by atoms with Crippen LogP contribution in [0, 0.1) is 18.3 Å². The first-order valence-electron chi connectivity index (χ1n) is 6.95. The average molecular weight is 259 g/mol. The van der Waals surface area contributed by atoms with Gasteiger partial charge in [-0.25, -0.2) is 0 Å². The van der Waals surface area contributed by atoms with Gasteiger partial charge in [0.2, 0.25) is 0 Å². The molecule has 0 amide bonds. The van der Waals surface area contributed by atoms with Crippen LogP contribution in [0.25, 0.3) is 0 Å². The maximum Gasteiger partial charge on any atom is 0.106 e. The van der Waals surface area contributed by atoms with Gasteiger partial charge in [-0.1, -0.05) is 25.1 Å². The molecule has 1 unspecified atom stereocenters. The molecule has 3 heteroatoms. The number of nitrogens with one attached hydrogen (secondary N) is 1. The Hall–Kier alpha value is -1.53. The Morgan fingerprint density at radius 2 is 2.05 bits per heavy atom. The van der Waals surface area contributed by atoms with Crippen molar-refractivity contribution in [2.24, 2.45) is 0 Å². The lowest BCUT2D eigenvalue weighted by Crippen LogP contribution is -2.41. The van der Waals surface area contributed by atoms with E-state index >= 15 is 0 Å². The molecule has 0 radical (unpaired) electrons. The molecule has 0 aliphatic rings. The smallest absolute Gasteiger partial charge is 0.106 e. The third kappa shape index (κ3) is 3.97. The van der Waals surface area contributed by atoms with Crippen molar-refractivity contribution in [3.05, 3.63) is 29.8 Å². The number of nitrogens with zero attached hydrogens (tertiary/aromatic N) is 2. The average Bonchev–Trinajstić information content (AvgIpc) is 2.44. The van der Waals surface area contributed by atoms with Gasteiger partial charge in [-0.3, -0.25) is 0 Å². The molecule has 0 saturated carbocycles. The van der Waals surface area contributed by atoms with Crippen molar-refractivity contribution in [1.82, 2.24) is 5.32 Å². The van der Waals surface area contributed by atoms with E-state index in [4.69, 9.17) is 0 Å². The van der Waals surface area contributed by atoms with E-state index < -0.39 is 0 Å². The van der Waals surface area contributed by atoms with Crippen LogP contribution in [-0.2, 0) is 0 Å². The second-order valence-electron chi connectivity index (χ2n) is 5.11. The van der Waals surface area contributed by atoms with Crippen molar-refractivity contribution in [3.8, 4) is 6.07 Å². The van der Waals surface area contributed by atoms with Crippen LogP contribution in [0.1, 0.15) is 31.7 Å². The van der Waals surface area contributed by atoms with E-state index in [1.165, 1.54) is 11.3 Å². The summed E-state index contributed by atoms with van der Waals surface area (Å²) >= 11 is 0. The standard InChI is InChI=1S/C16H25N3/c1-5-16(13-17,18-3)11-8-12-19(4)15-10-7-6-9-14(15)2/h6-7,9-10,18H,5,8,11-12H2,1-4H3. The van der Waals surface area contributed by atoms with Crippen molar-refractivity contribution < 1.29 is 0 Å². The van der Waals surface area contributed by atoms with E-state index in [0.717, 1.165) is 25.8 Å². The third-order valence-electron chi connectivity index (χ3n) is 3.92. The zero-order valence-corrected chi connectivity index (χ0v) is 12.5. The van der Waals surface area contributed by atoms with E-state index in [1.54, 1.807) is 0 Å². The summed E-state index contributed by atoms with van der Waals surface area (Å²) in [5, 5.41) is 12.4. The Kier molecular flexibility index (Phi) is 5.85. The minimum Gasteiger partial charge on any atom is -0.374 e. The van der Waals surface area contributed by atoms with Crippen LogP contribution in [0.2, 0.25) is 0 Å². The molecule has 104 valence electrons. The highest BCUT2D eigenvalue weighted by Crippen LogP contribution is 2.20. The van der Waals surface area contributed by atoms with Gasteiger partial charge in [0.15, 0.2) is 0 Å². The van der Waals surface area contributed by atoms with E-state index in [2.05, 4.69) is 61.4 Å². The maximum atomic E-state index is 9.28. The van der Waals surface area contributed by atoms with Crippen LogP contribution in [0.4, 0.5) is 5.69 Å². The first-order valence-corrected chi connectivity index (χ1v) is 6.95. The lowest BCUT2D eigenvalue weighted by molar-refractivity contribution is 0.393. The molecule has 0 saturated heterocycles. The lowest BCUT2D eigenvalue weighted by Gasteiger charge is -2.27. The quantitative estimate of drug-likeness (QED) is 0.818. The van der Waals surface area contributed by atoms with Crippen LogP contribution in [0.5, 0.6) is 0 Å². The van der Waals surface area contributed by atoms with Gasteiger partial charge in [-0.2, -0.15) is 5.26 Å². The molecule has 0 bridgehead atoms. The fourth-order valence-corrected chi connectivity index (χ4v) is 2.40. The summed E-state index contributed by atoms with van der Waals surface area (Å²) in [5.41, 5.74) is 2.19. The summed E-state index contributed by atoms with van der Waals surface area (Å²) < 4.78 is 0. The SMILES string of the molecule is CCC(C#N)(CCCN(C)c1ccccc1C)NC. The number of para-hydroxylation sites is 1. The number of aryl methyl sites for hydroxylation is 1. The van der Waals surface area contributed by atoms with Crippen LogP contribution >= 0.6 is 0 Å². The zero-order valence-electron chi connectivity index (χ0n) is 12.5. The molecule has 0 heterocycles. The lowest BCUT2D eigenvalue weighted by atomic mass is 9.92. The number of rotatable bonds is 7. The number of anilines is 1. The van der Waals surface area contributed by atoms with Crippen LogP contribution in [-0.4, -0.2) is 26.2 Å². The fourth-order valence-electron chi connectivity index (χ4n) is 2.40. The second-order valence-corrected chi connectivity index (χ2v) is 5.11. The maximum absolute atomic E-state index is 9.28. The van der Waals surface area contributed by atoms with Gasteiger partial charge in [0.25, 0.3) is 0 Å². The van der Waals surface area contributed by atoms with Crippen molar-refractivity contribution >= 4 is 5.69 Å². The number of nitriles is 1. The molecule has 19 heavy (non-hydrogen) atoms. The molecule has 0 aliphatic carbocycles. The van der Waals surface area contributed by atoms with Crippen molar-refractivity contribution in [2.75, 3.05) is 25.5 Å². The van der Waals surface area contributed by atoms with Gasteiger partial charge in [0, 0.05) is 19.3 Å². The number of hydrogen-bond donors (Lipinski definition) is 1. The highest BCUT2D eigenvalue weighted by Gasteiger charge is 2.24. The predicted octanol–water partition coefficient (Wildman–Crippen LogP) is 3.10. The van der Waals surface area contributed by atoms with E-state index in [1.807, 2.05) is 7.05 Å². The summed E-state index contributed by atoms with van der Waals surface area (Å²) in [6, 6.07) is 10.8. The summed E-state index contributed by atoms with van der Waals surface area (Å²) in [6.45, 7) is 5.16. The minimum absolute atomic E-state index is 0.368. The highest BCUT2D eigenvalue weighted by atomic mass is 15.1. The highest BCUT2D eigenvalue weighted by molar-refractivity contribution is 5.52. The van der Waals surface area contributed by atoms with Crippen molar-refractivity contribution in [3.63, 3.8) is 0 Å². The van der Waals surface area contributed by atoms with Gasteiger partial charge in [0.1, 0.15) is 5.54 Å².